The van der Waals surface area contributed by atoms with Crippen LogP contribution in [0, 0.1) is 23.6 Å². The molecular formula is C39H48F5N5O9S. The summed E-state index contributed by atoms with van der Waals surface area (Å²) in [5, 5.41) is 13.7. The van der Waals surface area contributed by atoms with Crippen LogP contribution in [0.5, 0.6) is 11.6 Å². The van der Waals surface area contributed by atoms with Gasteiger partial charge in [-0.2, -0.15) is 13.2 Å². The molecule has 324 valence electrons. The van der Waals surface area contributed by atoms with Gasteiger partial charge in [0, 0.05) is 23.9 Å². The zero-order valence-electron chi connectivity index (χ0n) is 33.1. The number of nitrogens with zero attached hydrogens (tertiary/aromatic N) is 3. The van der Waals surface area contributed by atoms with Gasteiger partial charge in [-0.3, -0.25) is 24.0 Å². The molecule has 1 aromatic heterocycles. The summed E-state index contributed by atoms with van der Waals surface area (Å²) in [6.45, 7) is 2.83. The first-order valence-corrected chi connectivity index (χ1v) is 20.8. The fourth-order valence-corrected chi connectivity index (χ4v) is 9.72. The zero-order valence-corrected chi connectivity index (χ0v) is 34.0. The van der Waals surface area contributed by atoms with E-state index in [1.807, 2.05) is 4.72 Å². The van der Waals surface area contributed by atoms with Crippen molar-refractivity contribution < 1.29 is 64.1 Å². The lowest BCUT2D eigenvalue weighted by molar-refractivity contribution is -0.222. The van der Waals surface area contributed by atoms with Crippen molar-refractivity contribution in [1.82, 2.24) is 24.8 Å². The molecule has 20 heteroatoms. The van der Waals surface area contributed by atoms with Crippen LogP contribution >= 0.6 is 0 Å². The molecule has 4 amide bonds. The molecule has 0 spiro atoms. The molecule has 1 saturated heterocycles. The molecule has 7 atom stereocenters. The van der Waals surface area contributed by atoms with Crippen LogP contribution < -0.4 is 19.5 Å². The maximum atomic E-state index is 14.9. The first kappa shape index (κ1) is 43.8. The van der Waals surface area contributed by atoms with Gasteiger partial charge < -0.3 is 24.8 Å². The van der Waals surface area contributed by atoms with Crippen molar-refractivity contribution in [3.05, 3.63) is 42.4 Å². The van der Waals surface area contributed by atoms with E-state index in [9.17, 15) is 54.7 Å². The maximum Gasteiger partial charge on any atom is 0.411 e. The number of carboxylic acid groups (broad SMARTS) is 1. The fourth-order valence-electron chi connectivity index (χ4n) is 8.29. The number of rotatable bonds is 9. The van der Waals surface area contributed by atoms with Crippen LogP contribution in [0.2, 0.25) is 0 Å². The minimum Gasteiger partial charge on any atom is -0.494 e. The molecule has 2 aromatic rings. The lowest BCUT2D eigenvalue weighted by Crippen LogP contribution is -2.66. The van der Waals surface area contributed by atoms with E-state index >= 15 is 0 Å². The Balaban J connectivity index is 1.43. The molecule has 3 heterocycles. The van der Waals surface area contributed by atoms with Crippen molar-refractivity contribution in [2.75, 3.05) is 20.3 Å². The number of methoxy groups -OCH3 is 1. The monoisotopic (exact) mass is 857 g/mol. The Morgan fingerprint density at radius 1 is 1.15 bits per heavy atom. The van der Waals surface area contributed by atoms with Crippen molar-refractivity contribution in [3.8, 4) is 11.6 Å². The lowest BCUT2D eigenvalue weighted by Gasteiger charge is -2.45. The molecule has 0 radical (unpaired) electrons. The molecule has 0 unspecified atom stereocenters. The number of ether oxygens (including phenoxy) is 2. The topological polar surface area (TPSA) is 185 Å². The Kier molecular flexibility index (Phi) is 11.7. The molecule has 0 bridgehead atoms. The molecule has 59 heavy (non-hydrogen) atoms. The number of alkyl halides is 4. The minimum absolute atomic E-state index is 0.0165. The van der Waals surface area contributed by atoms with Crippen LogP contribution in [0.25, 0.3) is 10.8 Å². The second-order valence-corrected chi connectivity index (χ2v) is 18.9. The lowest BCUT2D eigenvalue weighted by atomic mass is 9.85. The molecule has 1 aromatic carbocycles. The van der Waals surface area contributed by atoms with Gasteiger partial charge in [0.2, 0.25) is 27.7 Å². The van der Waals surface area contributed by atoms with Crippen LogP contribution in [-0.2, 0) is 24.4 Å². The van der Waals surface area contributed by atoms with Gasteiger partial charge in [-0.05, 0) is 87.8 Å². The average molecular weight is 858 g/mol. The minimum atomic E-state index is -5.15. The summed E-state index contributed by atoms with van der Waals surface area (Å²) in [7, 11) is -3.25. The van der Waals surface area contributed by atoms with Crippen molar-refractivity contribution >= 4 is 44.6 Å². The summed E-state index contributed by atoms with van der Waals surface area (Å²) in [4.78, 5) is 61.5. The highest BCUT2D eigenvalue weighted by Crippen LogP contribution is 2.48. The van der Waals surface area contributed by atoms with Gasteiger partial charge in [0.15, 0.2) is 11.6 Å². The Morgan fingerprint density at radius 2 is 1.85 bits per heavy atom. The highest BCUT2D eigenvalue weighted by atomic mass is 32.2. The number of carbonyl (C=O) groups excluding carboxylic acids is 3. The van der Waals surface area contributed by atoms with E-state index in [4.69, 9.17) is 9.47 Å². The number of pyridine rings is 1. The van der Waals surface area contributed by atoms with Crippen LogP contribution in [0.3, 0.4) is 0 Å². The third-order valence-corrected chi connectivity index (χ3v) is 14.4. The van der Waals surface area contributed by atoms with Crippen molar-refractivity contribution in [2.24, 2.45) is 17.8 Å². The van der Waals surface area contributed by atoms with Gasteiger partial charge in [0.05, 0.1) is 13.7 Å². The van der Waals surface area contributed by atoms with E-state index in [1.165, 1.54) is 26.3 Å². The smallest absolute Gasteiger partial charge is 0.411 e. The number of nitrogens with one attached hydrogen (secondary N) is 2. The highest BCUT2D eigenvalue weighted by molar-refractivity contribution is 7.91. The quantitative estimate of drug-likeness (QED) is 0.222. The first-order valence-electron chi connectivity index (χ1n) is 19.3. The number of carbonyl (C=O) groups is 4. The molecular weight excluding hydrogens is 810 g/mol. The van der Waals surface area contributed by atoms with Crippen LogP contribution in [0.4, 0.5) is 26.7 Å². The first-order chi connectivity index (χ1) is 27.5. The number of aromatic nitrogens is 1. The number of benzene rings is 1. The van der Waals surface area contributed by atoms with E-state index in [-0.39, 0.29) is 59.9 Å². The van der Waals surface area contributed by atoms with Gasteiger partial charge in [0.25, 0.3) is 5.91 Å². The normalized spacial score (nSPS) is 29.2. The number of amides is 4. The summed E-state index contributed by atoms with van der Waals surface area (Å²) >= 11 is 0. The van der Waals surface area contributed by atoms with E-state index in [0.717, 1.165) is 11.0 Å². The number of hydrogen-bond acceptors (Lipinski definition) is 9. The van der Waals surface area contributed by atoms with E-state index in [1.54, 1.807) is 25.1 Å². The molecule has 2 aliphatic heterocycles. The van der Waals surface area contributed by atoms with Crippen molar-refractivity contribution in [3.63, 3.8) is 0 Å². The Hall–Kier alpha value is -4.75. The third-order valence-electron chi connectivity index (χ3n) is 12.3. The standard InChI is InChI=1S/C39H48F5N5O9S/c1-21-8-6-7-9-24-18-38(24,34(52)47-59(55,56)37(20-40)11-12-37)46-31(50)28-16-25(58-32-26-17-27(41)29(57-5)15-23(26)10-13-45-32)19-48(28)33(51)30(22(2)14-21)49(35(53)54)36(3,4)39(42,43)44/h7,9-10,13,15,17,21-22,24-25,28,30H,6,8,11-12,14,16,18-20H2,1-5H3,(H,46,50)(H,47,52)(H,53,54)/b9-7-/t21-,22-,24-,25-,28+,30+,38-/m1/s1. The van der Waals surface area contributed by atoms with Gasteiger partial charge in [-0.1, -0.05) is 26.0 Å². The van der Waals surface area contributed by atoms with Crippen LogP contribution in [0.15, 0.2) is 36.5 Å². The fraction of sp³-hybridized carbons (Fsp3) is 0.615. The molecule has 3 N–H and O–H groups in total. The van der Waals surface area contributed by atoms with Crippen LogP contribution in [0.1, 0.15) is 72.6 Å². The largest absolute Gasteiger partial charge is 0.494 e. The molecule has 4 aliphatic rings. The SMILES string of the molecule is COc1cc2ccnc(O[C@@H]3C[C@H]4C(=O)N[C@]5(C(=O)NS(=O)(=O)C6(CF)CC6)C[C@H]5/C=C\CC[C@@H](C)C[C@@H](C)[C@H](N(C(=O)O)C(C)(C)C(F)(F)F)C(=O)N4C3)c2cc1F. The van der Waals surface area contributed by atoms with Crippen LogP contribution in [-0.4, -0.2) is 113 Å². The van der Waals surface area contributed by atoms with E-state index < -0.39 is 105 Å². The second kappa shape index (κ2) is 15.7. The number of allylic oxidation sites excluding steroid dienone is 1. The molecule has 2 saturated carbocycles. The Bertz CT molecular complexity index is 2150. The van der Waals surface area contributed by atoms with Crippen molar-refractivity contribution in [1.29, 1.82) is 0 Å². The molecule has 14 nitrogen and oxygen atoms in total. The second-order valence-electron chi connectivity index (χ2n) is 16.8. The number of sulfonamides is 1. The summed E-state index contributed by atoms with van der Waals surface area (Å²) in [6, 6.07) is 0.476. The maximum absolute atomic E-state index is 14.9. The predicted octanol–water partition coefficient (Wildman–Crippen LogP) is 5.26. The van der Waals surface area contributed by atoms with Crippen molar-refractivity contribution in [2.45, 2.75) is 113 Å². The molecule has 2 aliphatic carbocycles. The molecule has 3 fully saturated rings. The van der Waals surface area contributed by atoms with Gasteiger partial charge >= 0.3 is 12.3 Å². The number of fused-ring (bicyclic) bond motifs is 3. The summed E-state index contributed by atoms with van der Waals surface area (Å²) in [6.07, 6.45) is -3.12. The summed E-state index contributed by atoms with van der Waals surface area (Å²) in [5.74, 6) is -6.23. The number of halogens is 5. The van der Waals surface area contributed by atoms with Gasteiger partial charge in [-0.15, -0.1) is 0 Å². The molecule has 6 rings (SSSR count). The summed E-state index contributed by atoms with van der Waals surface area (Å²) < 4.78 is 111. The Labute approximate surface area is 337 Å². The number of hydrogen-bond donors (Lipinski definition) is 3. The zero-order chi connectivity index (χ0) is 43.5. The van der Waals surface area contributed by atoms with Gasteiger partial charge in [0.1, 0.15) is 40.7 Å². The highest BCUT2D eigenvalue weighted by Gasteiger charge is 2.64. The van der Waals surface area contributed by atoms with E-state index in [2.05, 4.69) is 10.3 Å². The third kappa shape index (κ3) is 8.12. The Morgan fingerprint density at radius 3 is 2.46 bits per heavy atom. The van der Waals surface area contributed by atoms with Gasteiger partial charge in [-0.25, -0.2) is 27.0 Å². The van der Waals surface area contributed by atoms with E-state index in [0.29, 0.717) is 32.1 Å². The average Bonchev–Trinajstić information content (AvgIpc) is 4.05. The predicted molar refractivity (Wildman–Crippen MR) is 202 cm³/mol. The summed E-state index contributed by atoms with van der Waals surface area (Å²) in [5.41, 5.74) is -4.97.